The summed E-state index contributed by atoms with van der Waals surface area (Å²) in [5.74, 6) is 0.692. The molecule has 7 nitrogen and oxygen atoms in total. The largest absolute Gasteiger partial charge is 0.508 e. The van der Waals surface area contributed by atoms with Gasteiger partial charge < -0.3 is 10.1 Å². The quantitative estimate of drug-likeness (QED) is 0.700. The minimum atomic E-state index is 0.232. The number of azo groups is 1. The number of aromatic nitrogens is 4. The highest BCUT2D eigenvalue weighted by Gasteiger charge is 2.03. The van der Waals surface area contributed by atoms with Crippen molar-refractivity contribution in [1.29, 1.82) is 0 Å². The monoisotopic (exact) mass is 254 g/mol. The lowest BCUT2D eigenvalue weighted by Crippen LogP contribution is -1.82. The second-order valence-corrected chi connectivity index (χ2v) is 3.86. The van der Waals surface area contributed by atoms with Crippen LogP contribution in [-0.2, 0) is 6.54 Å². The predicted molar refractivity (Wildman–Crippen MR) is 68.0 cm³/mol. The van der Waals surface area contributed by atoms with Gasteiger partial charge in [-0.15, -0.1) is 5.11 Å². The number of rotatable bonds is 3. The summed E-state index contributed by atoms with van der Waals surface area (Å²) >= 11 is 0. The lowest BCUT2D eigenvalue weighted by molar-refractivity contribution is 0.475. The van der Waals surface area contributed by atoms with Crippen molar-refractivity contribution in [1.82, 2.24) is 19.9 Å². The summed E-state index contributed by atoms with van der Waals surface area (Å²) in [6.45, 7) is 0.417. The Bertz CT molecular complexity index is 718. The van der Waals surface area contributed by atoms with Crippen molar-refractivity contribution in [2.24, 2.45) is 10.2 Å². The zero-order valence-corrected chi connectivity index (χ0v) is 9.85. The Hall–Kier alpha value is -2.83. The number of hydrogen-bond acceptors (Lipinski definition) is 6. The van der Waals surface area contributed by atoms with E-state index >= 15 is 0 Å². The molecule has 0 fully saturated rings. The summed E-state index contributed by atoms with van der Waals surface area (Å²) in [5.41, 5.74) is 2.18. The molecule has 0 aliphatic heterocycles. The van der Waals surface area contributed by atoms with Gasteiger partial charge in [-0.05, 0) is 17.7 Å². The van der Waals surface area contributed by atoms with Gasteiger partial charge in [0, 0.05) is 0 Å². The van der Waals surface area contributed by atoms with Crippen LogP contribution in [-0.4, -0.2) is 25.0 Å². The van der Waals surface area contributed by atoms with Crippen LogP contribution >= 0.6 is 0 Å². The zero-order valence-electron chi connectivity index (χ0n) is 9.85. The molecule has 0 saturated heterocycles. The first-order valence-corrected chi connectivity index (χ1v) is 5.62. The van der Waals surface area contributed by atoms with Gasteiger partial charge in [0.25, 0.3) is 0 Å². The van der Waals surface area contributed by atoms with Crippen molar-refractivity contribution in [3.8, 4) is 5.75 Å². The number of hydrogen-bond donors (Lipinski definition) is 2. The van der Waals surface area contributed by atoms with E-state index in [9.17, 15) is 5.11 Å². The van der Waals surface area contributed by atoms with Crippen molar-refractivity contribution < 1.29 is 5.11 Å². The SMILES string of the molecule is Oc1ccc(CN=Nc2ncnc3nc[nH]c23)cc1. The van der Waals surface area contributed by atoms with Crippen LogP contribution in [0.2, 0.25) is 0 Å². The van der Waals surface area contributed by atoms with Crippen molar-refractivity contribution in [2.75, 3.05) is 0 Å². The molecule has 2 aromatic heterocycles. The molecule has 0 radical (unpaired) electrons. The Kier molecular flexibility index (Phi) is 2.85. The highest BCUT2D eigenvalue weighted by Crippen LogP contribution is 2.18. The number of aromatic amines is 1. The van der Waals surface area contributed by atoms with Crippen molar-refractivity contribution in [2.45, 2.75) is 6.54 Å². The summed E-state index contributed by atoms with van der Waals surface area (Å²) < 4.78 is 0. The van der Waals surface area contributed by atoms with E-state index in [1.165, 1.54) is 6.33 Å². The Morgan fingerprint density at radius 2 is 1.95 bits per heavy atom. The van der Waals surface area contributed by atoms with Gasteiger partial charge in [-0.25, -0.2) is 15.0 Å². The van der Waals surface area contributed by atoms with E-state index in [0.29, 0.717) is 23.5 Å². The summed E-state index contributed by atoms with van der Waals surface area (Å²) in [6.07, 6.45) is 2.94. The summed E-state index contributed by atoms with van der Waals surface area (Å²) in [4.78, 5) is 15.0. The Morgan fingerprint density at radius 1 is 1.11 bits per heavy atom. The van der Waals surface area contributed by atoms with E-state index in [0.717, 1.165) is 5.56 Å². The first-order chi connectivity index (χ1) is 9.33. The molecule has 94 valence electrons. The topological polar surface area (TPSA) is 99.4 Å². The molecule has 0 unspecified atom stereocenters. The first-order valence-electron chi connectivity index (χ1n) is 5.62. The van der Waals surface area contributed by atoms with E-state index in [1.807, 2.05) is 0 Å². The minimum Gasteiger partial charge on any atom is -0.508 e. The Balaban J connectivity index is 1.79. The number of phenols is 1. The fourth-order valence-corrected chi connectivity index (χ4v) is 1.61. The summed E-state index contributed by atoms with van der Waals surface area (Å²) in [5, 5.41) is 17.3. The van der Waals surface area contributed by atoms with Crippen LogP contribution < -0.4 is 0 Å². The average Bonchev–Trinajstić information content (AvgIpc) is 2.90. The number of nitrogens with one attached hydrogen (secondary N) is 1. The molecule has 7 heteroatoms. The van der Waals surface area contributed by atoms with Crippen LogP contribution in [0.15, 0.2) is 47.1 Å². The molecule has 2 heterocycles. The molecule has 19 heavy (non-hydrogen) atoms. The van der Waals surface area contributed by atoms with Gasteiger partial charge in [-0.2, -0.15) is 5.11 Å². The average molecular weight is 254 g/mol. The van der Waals surface area contributed by atoms with Gasteiger partial charge in [0.1, 0.15) is 17.6 Å². The lowest BCUT2D eigenvalue weighted by Gasteiger charge is -1.96. The molecule has 3 rings (SSSR count). The van der Waals surface area contributed by atoms with Gasteiger partial charge in [0.2, 0.25) is 5.82 Å². The smallest absolute Gasteiger partial charge is 0.203 e. The van der Waals surface area contributed by atoms with E-state index in [2.05, 4.69) is 30.2 Å². The third kappa shape index (κ3) is 2.39. The molecule has 3 aromatic rings. The number of phenolic OH excluding ortho intramolecular Hbond substituents is 1. The molecule has 0 spiro atoms. The summed E-state index contributed by atoms with van der Waals surface area (Å²) in [6, 6.07) is 6.81. The van der Waals surface area contributed by atoms with Crippen LogP contribution in [0.5, 0.6) is 5.75 Å². The van der Waals surface area contributed by atoms with Gasteiger partial charge >= 0.3 is 0 Å². The van der Waals surface area contributed by atoms with Gasteiger partial charge in [-0.1, -0.05) is 12.1 Å². The number of fused-ring (bicyclic) bond motifs is 1. The van der Waals surface area contributed by atoms with E-state index in [4.69, 9.17) is 0 Å². The third-order valence-corrected chi connectivity index (χ3v) is 2.56. The fourth-order valence-electron chi connectivity index (χ4n) is 1.61. The van der Waals surface area contributed by atoms with Crippen molar-refractivity contribution in [3.05, 3.63) is 42.5 Å². The van der Waals surface area contributed by atoms with E-state index in [1.54, 1.807) is 30.6 Å². The van der Waals surface area contributed by atoms with Crippen LogP contribution in [0.4, 0.5) is 5.82 Å². The standard InChI is InChI=1S/C12H10N6O/c19-9-3-1-8(2-4-9)5-17-18-12-10-11(14-6-13-10)15-7-16-12/h1-4,6-7,19H,5H2,(H,13,14,15,16). The maximum atomic E-state index is 9.17. The molecule has 1 aromatic carbocycles. The lowest BCUT2D eigenvalue weighted by atomic mass is 10.2. The first kappa shape index (κ1) is 11.3. The number of nitrogens with zero attached hydrogens (tertiary/aromatic N) is 5. The molecule has 0 aliphatic carbocycles. The Labute approximate surface area is 108 Å². The summed E-state index contributed by atoms with van der Waals surface area (Å²) in [7, 11) is 0. The van der Waals surface area contributed by atoms with Gasteiger partial charge in [0.05, 0.1) is 12.9 Å². The normalized spacial score (nSPS) is 11.4. The third-order valence-electron chi connectivity index (χ3n) is 2.56. The Morgan fingerprint density at radius 3 is 2.79 bits per heavy atom. The van der Waals surface area contributed by atoms with Crippen molar-refractivity contribution in [3.63, 3.8) is 0 Å². The molecule has 0 aliphatic rings. The second kappa shape index (κ2) is 4.81. The maximum absolute atomic E-state index is 9.17. The van der Waals surface area contributed by atoms with Crippen LogP contribution in [0.3, 0.4) is 0 Å². The van der Waals surface area contributed by atoms with Crippen molar-refractivity contribution >= 4 is 17.0 Å². The highest BCUT2D eigenvalue weighted by molar-refractivity contribution is 5.79. The van der Waals surface area contributed by atoms with Crippen LogP contribution in [0, 0.1) is 0 Å². The van der Waals surface area contributed by atoms with E-state index in [-0.39, 0.29) is 5.75 Å². The molecule has 0 saturated carbocycles. The van der Waals surface area contributed by atoms with E-state index < -0.39 is 0 Å². The molecular formula is C12H10N6O. The number of H-pyrrole nitrogens is 1. The maximum Gasteiger partial charge on any atom is 0.203 e. The highest BCUT2D eigenvalue weighted by atomic mass is 16.3. The number of aromatic hydroxyl groups is 1. The predicted octanol–water partition coefficient (Wildman–Crippen LogP) is 2.34. The minimum absolute atomic E-state index is 0.232. The number of benzene rings is 1. The molecule has 0 atom stereocenters. The van der Waals surface area contributed by atoms with Crippen LogP contribution in [0.1, 0.15) is 5.56 Å². The molecule has 0 amide bonds. The molecular weight excluding hydrogens is 244 g/mol. The fraction of sp³-hybridized carbons (Fsp3) is 0.0833. The molecule has 0 bridgehead atoms. The number of imidazole rings is 1. The zero-order chi connectivity index (χ0) is 13.1. The second-order valence-electron chi connectivity index (χ2n) is 3.86. The molecule has 2 N–H and O–H groups in total. The van der Waals surface area contributed by atoms with Crippen LogP contribution in [0.25, 0.3) is 11.2 Å². The van der Waals surface area contributed by atoms with Gasteiger partial charge in [0.15, 0.2) is 5.65 Å². The van der Waals surface area contributed by atoms with Gasteiger partial charge in [-0.3, -0.25) is 0 Å².